The van der Waals surface area contributed by atoms with Crippen molar-refractivity contribution >= 4 is 62.3 Å². The quantitative estimate of drug-likeness (QED) is 0.175. The SMILES string of the molecule is CC(C)(C)NC(=O)[C@H](Cc1ccccc1)N(Cc1c(Cl)cccc1Cl)C(=O)CN(c1ccc(F)c(Cl)c1)S(=O)(=O)c1ccccc1. The van der Waals surface area contributed by atoms with Gasteiger partial charge >= 0.3 is 0 Å². The van der Waals surface area contributed by atoms with Crippen LogP contribution in [0.2, 0.25) is 15.1 Å². The predicted octanol–water partition coefficient (Wildman–Crippen LogP) is 7.54. The lowest BCUT2D eigenvalue weighted by Gasteiger charge is -2.35. The molecule has 0 radical (unpaired) electrons. The number of benzene rings is 4. The highest BCUT2D eigenvalue weighted by Gasteiger charge is 2.36. The maximum absolute atomic E-state index is 14.5. The molecule has 1 atom stereocenters. The lowest BCUT2D eigenvalue weighted by atomic mass is 10.0. The van der Waals surface area contributed by atoms with Crippen molar-refractivity contribution in [1.29, 1.82) is 0 Å². The maximum atomic E-state index is 14.5. The Labute approximate surface area is 283 Å². The standard InChI is InChI=1S/C34H33Cl3FN3O4S/c1-34(2,3)39-33(43)31(19-23-11-6-4-7-12-23)40(21-26-27(35)15-10-16-28(26)36)32(42)22-41(24-17-18-30(38)29(37)20-24)46(44,45)25-13-8-5-9-14-25/h4-18,20,31H,19,21-22H2,1-3H3,(H,39,43)/t31-/m0/s1. The first-order valence-electron chi connectivity index (χ1n) is 14.3. The number of carbonyl (C=O) groups excluding carboxylic acids is 2. The molecule has 242 valence electrons. The van der Waals surface area contributed by atoms with Gasteiger partial charge in [-0.2, -0.15) is 0 Å². The van der Waals surface area contributed by atoms with Gasteiger partial charge in [-0.15, -0.1) is 0 Å². The minimum atomic E-state index is -4.38. The van der Waals surface area contributed by atoms with Gasteiger partial charge in [-0.25, -0.2) is 12.8 Å². The Morgan fingerprint density at radius 1 is 0.826 bits per heavy atom. The number of nitrogens with one attached hydrogen (secondary N) is 1. The summed E-state index contributed by atoms with van der Waals surface area (Å²) in [6.45, 7) is 4.47. The zero-order valence-electron chi connectivity index (χ0n) is 25.4. The molecule has 0 saturated heterocycles. The van der Waals surface area contributed by atoms with Crippen LogP contribution in [0.5, 0.6) is 0 Å². The number of rotatable bonds is 11. The minimum Gasteiger partial charge on any atom is -0.350 e. The lowest BCUT2D eigenvalue weighted by Crippen LogP contribution is -2.56. The topological polar surface area (TPSA) is 86.8 Å². The molecule has 46 heavy (non-hydrogen) atoms. The van der Waals surface area contributed by atoms with Gasteiger partial charge in [0.1, 0.15) is 18.4 Å². The average molecular weight is 705 g/mol. The fourth-order valence-electron chi connectivity index (χ4n) is 4.75. The average Bonchev–Trinajstić information content (AvgIpc) is 3.00. The highest BCUT2D eigenvalue weighted by atomic mass is 35.5. The van der Waals surface area contributed by atoms with Gasteiger partial charge in [0.2, 0.25) is 11.8 Å². The van der Waals surface area contributed by atoms with Gasteiger partial charge < -0.3 is 10.2 Å². The van der Waals surface area contributed by atoms with Crippen molar-refractivity contribution < 1.29 is 22.4 Å². The Balaban J connectivity index is 1.86. The molecular weight excluding hydrogens is 672 g/mol. The third kappa shape index (κ3) is 8.79. The molecule has 0 fully saturated rings. The van der Waals surface area contributed by atoms with Crippen molar-refractivity contribution in [3.05, 3.63) is 129 Å². The smallest absolute Gasteiger partial charge is 0.264 e. The van der Waals surface area contributed by atoms with E-state index in [1.54, 1.807) is 36.4 Å². The first-order chi connectivity index (χ1) is 21.7. The Morgan fingerprint density at radius 3 is 1.98 bits per heavy atom. The van der Waals surface area contributed by atoms with Gasteiger partial charge in [-0.05, 0) is 68.8 Å². The van der Waals surface area contributed by atoms with E-state index < -0.39 is 45.8 Å². The molecule has 7 nitrogen and oxygen atoms in total. The molecule has 4 rings (SSSR count). The lowest BCUT2D eigenvalue weighted by molar-refractivity contribution is -0.140. The zero-order valence-corrected chi connectivity index (χ0v) is 28.5. The molecule has 0 aliphatic heterocycles. The van der Waals surface area contributed by atoms with Crippen LogP contribution in [-0.4, -0.2) is 43.3 Å². The highest BCUT2D eigenvalue weighted by molar-refractivity contribution is 7.92. The minimum absolute atomic E-state index is 0.0434. The van der Waals surface area contributed by atoms with Crippen LogP contribution in [0, 0.1) is 5.82 Å². The Morgan fingerprint density at radius 2 is 1.41 bits per heavy atom. The summed E-state index contributed by atoms with van der Waals surface area (Å²) in [6.07, 6.45) is 0.102. The molecule has 0 aliphatic carbocycles. The number of amides is 2. The molecule has 2 amide bonds. The van der Waals surface area contributed by atoms with Crippen molar-refractivity contribution in [2.45, 2.75) is 50.2 Å². The summed E-state index contributed by atoms with van der Waals surface area (Å²) >= 11 is 19.1. The molecule has 0 aromatic heterocycles. The van der Waals surface area contributed by atoms with Gasteiger partial charge in [-0.1, -0.05) is 89.4 Å². The first-order valence-corrected chi connectivity index (χ1v) is 16.9. The van der Waals surface area contributed by atoms with Gasteiger partial charge in [0, 0.05) is 34.1 Å². The van der Waals surface area contributed by atoms with E-state index in [9.17, 15) is 22.4 Å². The number of carbonyl (C=O) groups is 2. The van der Waals surface area contributed by atoms with Crippen LogP contribution in [0.25, 0.3) is 0 Å². The van der Waals surface area contributed by atoms with Crippen molar-refractivity contribution in [3.63, 3.8) is 0 Å². The molecule has 0 spiro atoms. The monoisotopic (exact) mass is 703 g/mol. The summed E-state index contributed by atoms with van der Waals surface area (Å²) in [6, 6.07) is 23.8. The molecule has 0 bridgehead atoms. The normalized spacial score (nSPS) is 12.3. The summed E-state index contributed by atoms with van der Waals surface area (Å²) < 4.78 is 43.1. The van der Waals surface area contributed by atoms with Crippen LogP contribution in [0.15, 0.2) is 102 Å². The molecule has 1 N–H and O–H groups in total. The second kappa shape index (κ2) is 14.9. The molecule has 4 aromatic rings. The van der Waals surface area contributed by atoms with E-state index in [4.69, 9.17) is 34.8 Å². The Kier molecular flexibility index (Phi) is 11.4. The fourth-order valence-corrected chi connectivity index (χ4v) is 6.87. The second-order valence-electron chi connectivity index (χ2n) is 11.6. The summed E-state index contributed by atoms with van der Waals surface area (Å²) in [5.74, 6) is -1.96. The van der Waals surface area contributed by atoms with Crippen LogP contribution in [0.1, 0.15) is 31.9 Å². The largest absolute Gasteiger partial charge is 0.350 e. The van der Waals surface area contributed by atoms with E-state index in [1.165, 1.54) is 23.1 Å². The number of nitrogens with zero attached hydrogens (tertiary/aromatic N) is 2. The van der Waals surface area contributed by atoms with Crippen LogP contribution in [-0.2, 0) is 32.6 Å². The molecule has 0 heterocycles. The summed E-state index contributed by atoms with van der Waals surface area (Å²) in [5.41, 5.74) is 0.441. The third-order valence-electron chi connectivity index (χ3n) is 6.96. The maximum Gasteiger partial charge on any atom is 0.264 e. The van der Waals surface area contributed by atoms with E-state index >= 15 is 0 Å². The molecule has 0 aliphatic rings. The molecule has 4 aromatic carbocycles. The number of anilines is 1. The number of hydrogen-bond acceptors (Lipinski definition) is 4. The van der Waals surface area contributed by atoms with Crippen molar-refractivity contribution in [3.8, 4) is 0 Å². The number of hydrogen-bond donors (Lipinski definition) is 1. The number of sulfonamides is 1. The van der Waals surface area contributed by atoms with E-state index in [1.807, 2.05) is 51.1 Å². The Hall–Kier alpha value is -3.63. The second-order valence-corrected chi connectivity index (χ2v) is 14.7. The third-order valence-corrected chi connectivity index (χ3v) is 9.75. The number of halogens is 4. The van der Waals surface area contributed by atoms with E-state index in [2.05, 4.69) is 5.32 Å². The highest BCUT2D eigenvalue weighted by Crippen LogP contribution is 2.30. The summed E-state index contributed by atoms with van der Waals surface area (Å²) in [7, 11) is -4.38. The van der Waals surface area contributed by atoms with Crippen LogP contribution < -0.4 is 9.62 Å². The van der Waals surface area contributed by atoms with Crippen molar-refractivity contribution in [1.82, 2.24) is 10.2 Å². The van der Waals surface area contributed by atoms with E-state index in [-0.39, 0.29) is 38.6 Å². The van der Waals surface area contributed by atoms with Gasteiger partial charge in [-0.3, -0.25) is 13.9 Å². The Bertz CT molecular complexity index is 1780. The summed E-state index contributed by atoms with van der Waals surface area (Å²) in [5, 5.41) is 3.15. The fraction of sp³-hybridized carbons (Fsp3) is 0.235. The van der Waals surface area contributed by atoms with Crippen LogP contribution in [0.4, 0.5) is 10.1 Å². The van der Waals surface area contributed by atoms with Gasteiger partial charge in [0.25, 0.3) is 10.0 Å². The van der Waals surface area contributed by atoms with Crippen molar-refractivity contribution in [2.75, 3.05) is 10.8 Å². The molecular formula is C34H33Cl3FN3O4S. The molecule has 0 saturated carbocycles. The predicted molar refractivity (Wildman–Crippen MR) is 181 cm³/mol. The van der Waals surface area contributed by atoms with E-state index in [0.717, 1.165) is 22.0 Å². The van der Waals surface area contributed by atoms with Gasteiger partial charge in [0.05, 0.1) is 15.6 Å². The van der Waals surface area contributed by atoms with Crippen LogP contribution >= 0.6 is 34.8 Å². The molecule has 12 heteroatoms. The van der Waals surface area contributed by atoms with Crippen molar-refractivity contribution in [2.24, 2.45) is 0 Å². The summed E-state index contributed by atoms with van der Waals surface area (Å²) in [4.78, 5) is 29.7. The zero-order chi connectivity index (χ0) is 33.6. The van der Waals surface area contributed by atoms with E-state index in [0.29, 0.717) is 5.56 Å². The first kappa shape index (κ1) is 35.2. The van der Waals surface area contributed by atoms with Gasteiger partial charge in [0.15, 0.2) is 0 Å². The van der Waals surface area contributed by atoms with Crippen LogP contribution in [0.3, 0.4) is 0 Å². The molecule has 0 unspecified atom stereocenters.